The summed E-state index contributed by atoms with van der Waals surface area (Å²) in [6.45, 7) is 0. The molecular formula is C45H27N3. The molecule has 0 N–H and O–H groups in total. The molecule has 3 heteroatoms. The van der Waals surface area contributed by atoms with Crippen LogP contribution in [0, 0.1) is 0 Å². The van der Waals surface area contributed by atoms with E-state index < -0.39 is 0 Å². The minimum absolute atomic E-state index is 0.929. The topological polar surface area (TPSA) is 38.7 Å². The number of hydrogen-bond donors (Lipinski definition) is 0. The Bertz CT molecular complexity index is 2890. The lowest BCUT2D eigenvalue weighted by atomic mass is 9.89. The molecule has 0 atom stereocenters. The van der Waals surface area contributed by atoms with Gasteiger partial charge in [0.15, 0.2) is 0 Å². The molecule has 0 unspecified atom stereocenters. The maximum absolute atomic E-state index is 5.36. The molecule has 10 rings (SSSR count). The van der Waals surface area contributed by atoms with Gasteiger partial charge in [-0.25, -0.2) is 4.98 Å². The summed E-state index contributed by atoms with van der Waals surface area (Å²) in [6, 6.07) is 54.2. The Kier molecular flexibility index (Phi) is 5.87. The highest BCUT2D eigenvalue weighted by Gasteiger charge is 2.18. The van der Waals surface area contributed by atoms with Crippen LogP contribution >= 0.6 is 0 Å². The van der Waals surface area contributed by atoms with Gasteiger partial charge in [-0.15, -0.1) is 0 Å². The van der Waals surface area contributed by atoms with Crippen LogP contribution in [-0.4, -0.2) is 15.0 Å². The molecule has 0 aliphatic carbocycles. The van der Waals surface area contributed by atoms with Crippen LogP contribution in [0.2, 0.25) is 0 Å². The molecule has 0 spiro atoms. The Labute approximate surface area is 276 Å². The molecule has 222 valence electrons. The van der Waals surface area contributed by atoms with E-state index in [1.165, 1.54) is 37.7 Å². The Morgan fingerprint density at radius 2 is 0.958 bits per heavy atom. The quantitative estimate of drug-likeness (QED) is 0.187. The third-order valence-corrected chi connectivity index (χ3v) is 9.70. The van der Waals surface area contributed by atoms with Crippen molar-refractivity contribution in [3.63, 3.8) is 0 Å². The monoisotopic (exact) mass is 609 g/mol. The van der Waals surface area contributed by atoms with Crippen LogP contribution in [0.4, 0.5) is 0 Å². The van der Waals surface area contributed by atoms with Crippen molar-refractivity contribution in [3.05, 3.63) is 164 Å². The van der Waals surface area contributed by atoms with E-state index in [0.29, 0.717) is 0 Å². The maximum atomic E-state index is 5.36. The van der Waals surface area contributed by atoms with Crippen LogP contribution in [0.15, 0.2) is 164 Å². The van der Waals surface area contributed by atoms with E-state index in [9.17, 15) is 0 Å². The number of pyridine rings is 3. The SMILES string of the molecule is c1cc(-c2ccc(-c3cc4cccnc4c4ncccc34)cc2)cc(-c2nc3ccccc3c3c4ccccc4c4ccccc4c23)c1. The lowest BCUT2D eigenvalue weighted by Crippen LogP contribution is -1.93. The van der Waals surface area contributed by atoms with Gasteiger partial charge in [0.2, 0.25) is 0 Å². The highest BCUT2D eigenvalue weighted by Crippen LogP contribution is 2.43. The van der Waals surface area contributed by atoms with E-state index in [1.807, 2.05) is 24.5 Å². The van der Waals surface area contributed by atoms with Crippen LogP contribution in [0.25, 0.3) is 98.5 Å². The Morgan fingerprint density at radius 3 is 1.75 bits per heavy atom. The second kappa shape index (κ2) is 10.5. The normalized spacial score (nSPS) is 11.8. The van der Waals surface area contributed by atoms with Crippen molar-refractivity contribution in [3.8, 4) is 33.5 Å². The van der Waals surface area contributed by atoms with E-state index >= 15 is 0 Å². The van der Waals surface area contributed by atoms with Gasteiger partial charge in [-0.3, -0.25) is 9.97 Å². The van der Waals surface area contributed by atoms with Gasteiger partial charge >= 0.3 is 0 Å². The molecule has 10 aromatic rings. The second-order valence-corrected chi connectivity index (χ2v) is 12.4. The van der Waals surface area contributed by atoms with Gasteiger partial charge in [-0.1, -0.05) is 121 Å². The van der Waals surface area contributed by atoms with Gasteiger partial charge in [0, 0.05) is 44.9 Å². The fourth-order valence-corrected chi connectivity index (χ4v) is 7.54. The zero-order valence-electron chi connectivity index (χ0n) is 25.9. The second-order valence-electron chi connectivity index (χ2n) is 12.4. The molecule has 0 saturated carbocycles. The number of rotatable bonds is 3. The molecule has 0 saturated heterocycles. The molecule has 7 aromatic carbocycles. The first-order chi connectivity index (χ1) is 23.8. The van der Waals surface area contributed by atoms with E-state index in [1.54, 1.807) is 0 Å². The first-order valence-electron chi connectivity index (χ1n) is 16.3. The van der Waals surface area contributed by atoms with Crippen molar-refractivity contribution in [1.82, 2.24) is 15.0 Å². The molecule has 0 bridgehead atoms. The molecule has 0 radical (unpaired) electrons. The largest absolute Gasteiger partial charge is 0.254 e. The maximum Gasteiger partial charge on any atom is 0.0970 e. The zero-order chi connectivity index (χ0) is 31.6. The lowest BCUT2D eigenvalue weighted by Gasteiger charge is -2.16. The molecule has 3 heterocycles. The summed E-state index contributed by atoms with van der Waals surface area (Å²) in [5.74, 6) is 0. The van der Waals surface area contributed by atoms with E-state index in [4.69, 9.17) is 9.97 Å². The van der Waals surface area contributed by atoms with Crippen molar-refractivity contribution in [1.29, 1.82) is 0 Å². The minimum atomic E-state index is 0.929. The van der Waals surface area contributed by atoms with Crippen LogP contribution in [0.5, 0.6) is 0 Å². The molecule has 3 nitrogen and oxygen atoms in total. The van der Waals surface area contributed by atoms with E-state index in [0.717, 1.165) is 60.8 Å². The Morgan fingerprint density at radius 1 is 0.354 bits per heavy atom. The summed E-state index contributed by atoms with van der Waals surface area (Å²) >= 11 is 0. The summed E-state index contributed by atoms with van der Waals surface area (Å²) in [7, 11) is 0. The van der Waals surface area contributed by atoms with Crippen LogP contribution in [0.1, 0.15) is 0 Å². The van der Waals surface area contributed by atoms with Crippen molar-refractivity contribution in [2.45, 2.75) is 0 Å². The number of para-hydroxylation sites is 1. The molecule has 3 aromatic heterocycles. The lowest BCUT2D eigenvalue weighted by molar-refractivity contribution is 1.37. The van der Waals surface area contributed by atoms with Crippen molar-refractivity contribution < 1.29 is 0 Å². The highest BCUT2D eigenvalue weighted by atomic mass is 14.7. The summed E-state index contributed by atoms with van der Waals surface area (Å²) in [5.41, 5.74) is 9.59. The number of aromatic nitrogens is 3. The molecule has 0 fully saturated rings. The predicted molar refractivity (Wildman–Crippen MR) is 201 cm³/mol. The minimum Gasteiger partial charge on any atom is -0.254 e. The third kappa shape index (κ3) is 4.04. The summed E-state index contributed by atoms with van der Waals surface area (Å²) in [5, 5.41) is 10.8. The van der Waals surface area contributed by atoms with Crippen LogP contribution in [-0.2, 0) is 0 Å². The number of hydrogen-bond acceptors (Lipinski definition) is 3. The molecule has 0 amide bonds. The Balaban J connectivity index is 1.16. The van der Waals surface area contributed by atoms with Gasteiger partial charge < -0.3 is 0 Å². The third-order valence-electron chi connectivity index (χ3n) is 9.70. The van der Waals surface area contributed by atoms with E-state index in [-0.39, 0.29) is 0 Å². The molecule has 48 heavy (non-hydrogen) atoms. The smallest absolute Gasteiger partial charge is 0.0970 e. The van der Waals surface area contributed by atoms with Gasteiger partial charge in [-0.05, 0) is 74.1 Å². The standard InChI is InChI=1S/C45H27N3/c1-3-15-35-33(13-1)34-14-2-4-16-36(34)42-41(35)38-17-5-6-19-40(38)48-43(42)31-11-7-10-30(26-31)28-20-22-29(23-21-28)39-27-32-12-8-24-46-44(32)45-37(39)18-9-25-47-45/h1-27H. The summed E-state index contributed by atoms with van der Waals surface area (Å²) in [4.78, 5) is 14.7. The van der Waals surface area contributed by atoms with Crippen molar-refractivity contribution >= 4 is 65.0 Å². The molecular weight excluding hydrogens is 583 g/mol. The molecule has 0 aliphatic rings. The number of fused-ring (bicyclic) bond motifs is 11. The average Bonchev–Trinajstić information content (AvgIpc) is 3.17. The predicted octanol–water partition coefficient (Wildman–Crippen LogP) is 11.8. The van der Waals surface area contributed by atoms with Crippen LogP contribution in [0.3, 0.4) is 0 Å². The number of nitrogens with zero attached hydrogens (tertiary/aromatic N) is 3. The fraction of sp³-hybridized carbons (Fsp3) is 0. The van der Waals surface area contributed by atoms with Gasteiger partial charge in [-0.2, -0.15) is 0 Å². The van der Waals surface area contributed by atoms with Crippen LogP contribution < -0.4 is 0 Å². The summed E-state index contributed by atoms with van der Waals surface area (Å²) < 4.78 is 0. The Hall–Kier alpha value is -6.45. The number of benzene rings is 7. The first-order valence-corrected chi connectivity index (χ1v) is 16.3. The van der Waals surface area contributed by atoms with E-state index in [2.05, 4.69) is 145 Å². The first kappa shape index (κ1) is 26.7. The fourth-order valence-electron chi connectivity index (χ4n) is 7.54. The van der Waals surface area contributed by atoms with Gasteiger partial charge in [0.25, 0.3) is 0 Å². The van der Waals surface area contributed by atoms with Gasteiger partial charge in [0.1, 0.15) is 0 Å². The molecule has 0 aliphatic heterocycles. The van der Waals surface area contributed by atoms with Crippen molar-refractivity contribution in [2.24, 2.45) is 0 Å². The average molecular weight is 610 g/mol. The zero-order valence-corrected chi connectivity index (χ0v) is 25.9. The van der Waals surface area contributed by atoms with Crippen molar-refractivity contribution in [2.75, 3.05) is 0 Å². The summed E-state index contributed by atoms with van der Waals surface area (Å²) in [6.07, 6.45) is 3.68. The highest BCUT2D eigenvalue weighted by molar-refractivity contribution is 6.33. The van der Waals surface area contributed by atoms with Gasteiger partial charge in [0.05, 0.1) is 22.2 Å².